The predicted octanol–water partition coefficient (Wildman–Crippen LogP) is 9.49. The van der Waals surface area contributed by atoms with E-state index in [1.54, 1.807) is 47.0 Å². The first-order valence-electron chi connectivity index (χ1n) is 21.1. The molecule has 3 aliphatic rings. The molecular formula is C45H52Cl3F6N5O7S2. The number of benzene rings is 3. The van der Waals surface area contributed by atoms with Crippen molar-refractivity contribution in [3.05, 3.63) is 84.8 Å². The lowest BCUT2D eigenvalue weighted by atomic mass is 10.0. The zero-order chi connectivity index (χ0) is 51.1. The first-order chi connectivity index (χ1) is 31.5. The third kappa shape index (κ3) is 15.2. The molecule has 0 unspecified atom stereocenters. The molecule has 0 saturated carbocycles. The number of hydrogen-bond donors (Lipinski definition) is 1. The molecule has 12 nitrogen and oxygen atoms in total. The number of ether oxygens (including phenoxy) is 3. The van der Waals surface area contributed by atoms with Crippen molar-refractivity contribution in [2.24, 2.45) is 0 Å². The van der Waals surface area contributed by atoms with Crippen molar-refractivity contribution in [1.29, 1.82) is 0 Å². The van der Waals surface area contributed by atoms with Crippen molar-refractivity contribution >= 4 is 87.5 Å². The van der Waals surface area contributed by atoms with Crippen LogP contribution in [-0.2, 0) is 52.9 Å². The lowest BCUT2D eigenvalue weighted by Gasteiger charge is -2.26. The van der Waals surface area contributed by atoms with E-state index in [9.17, 15) is 45.8 Å². The van der Waals surface area contributed by atoms with Gasteiger partial charge in [0.2, 0.25) is 0 Å². The molecule has 0 fully saturated rings. The summed E-state index contributed by atoms with van der Waals surface area (Å²) in [5.74, 6) is -2.85. The van der Waals surface area contributed by atoms with Crippen LogP contribution < -0.4 is 9.47 Å². The second kappa shape index (κ2) is 23.4. The van der Waals surface area contributed by atoms with Crippen molar-refractivity contribution in [3.8, 4) is 17.2 Å². The molecule has 3 aromatic carbocycles. The van der Waals surface area contributed by atoms with Crippen molar-refractivity contribution < 1.29 is 60.0 Å². The van der Waals surface area contributed by atoms with Crippen LogP contribution in [0.15, 0.2) is 36.4 Å². The summed E-state index contributed by atoms with van der Waals surface area (Å²) in [5.41, 5.74) is 4.34. The van der Waals surface area contributed by atoms with E-state index in [2.05, 4.69) is 0 Å². The summed E-state index contributed by atoms with van der Waals surface area (Å²) < 4.78 is 92.0. The van der Waals surface area contributed by atoms with Crippen LogP contribution in [0.3, 0.4) is 0 Å². The highest BCUT2D eigenvalue weighted by Crippen LogP contribution is 2.37. The fourth-order valence-electron chi connectivity index (χ4n) is 7.15. The van der Waals surface area contributed by atoms with Gasteiger partial charge in [0.15, 0.2) is 11.5 Å². The van der Waals surface area contributed by atoms with Gasteiger partial charge in [0.25, 0.3) is 10.3 Å². The number of fused-ring (bicyclic) bond motifs is 3. The molecule has 0 saturated heterocycles. The topological polar surface area (TPSA) is 115 Å². The normalized spacial score (nSPS) is 14.9. The van der Waals surface area contributed by atoms with Gasteiger partial charge < -0.3 is 43.8 Å². The fourth-order valence-corrected chi connectivity index (χ4v) is 7.93. The van der Waals surface area contributed by atoms with E-state index in [0.717, 1.165) is 38.5 Å². The Bertz CT molecular complexity index is 2370. The number of aromatic hydroxyl groups is 1. The molecule has 0 spiro atoms. The number of halogens is 9. The summed E-state index contributed by atoms with van der Waals surface area (Å²) in [6.45, 7) is 6.57. The second-order valence-electron chi connectivity index (χ2n) is 17.1. The molecule has 23 heteroatoms. The first kappa shape index (κ1) is 56.1. The number of amides is 3. The van der Waals surface area contributed by atoms with E-state index in [1.165, 1.54) is 6.07 Å². The summed E-state index contributed by atoms with van der Waals surface area (Å²) in [7, 11) is 7.06. The highest BCUT2D eigenvalue weighted by atomic mass is 35.5. The van der Waals surface area contributed by atoms with Crippen LogP contribution in [-0.4, -0.2) is 143 Å². The van der Waals surface area contributed by atoms with Gasteiger partial charge in [-0.25, -0.2) is 4.79 Å². The molecule has 6 rings (SSSR count). The van der Waals surface area contributed by atoms with Crippen LogP contribution >= 0.6 is 59.2 Å². The number of thiocarbonyl (C=S) groups is 2. The average Bonchev–Trinajstić information content (AvgIpc) is 3.70. The molecule has 0 aliphatic carbocycles. The van der Waals surface area contributed by atoms with Gasteiger partial charge in [0.05, 0.1) is 15.1 Å². The molecule has 1 N–H and O–H groups in total. The van der Waals surface area contributed by atoms with E-state index in [1.807, 2.05) is 47.0 Å². The molecule has 0 radical (unpaired) electrons. The molecular weight excluding hydrogens is 1010 g/mol. The zero-order valence-electron chi connectivity index (χ0n) is 38.3. The molecule has 0 atom stereocenters. The van der Waals surface area contributed by atoms with Gasteiger partial charge in [0.1, 0.15) is 11.4 Å². The fraction of sp³-hybridized carbons (Fsp3) is 0.489. The van der Waals surface area contributed by atoms with Gasteiger partial charge in [0, 0.05) is 84.1 Å². The van der Waals surface area contributed by atoms with Gasteiger partial charge in [-0.1, -0.05) is 53.0 Å². The maximum Gasteiger partial charge on any atom is 0.471 e. The second-order valence-corrected chi connectivity index (χ2v) is 19.1. The minimum atomic E-state index is -4.88. The number of carbonyl (C=O) groups is 3. The van der Waals surface area contributed by atoms with E-state index in [0.29, 0.717) is 63.8 Å². The molecule has 0 bridgehead atoms. The quantitative estimate of drug-likeness (QED) is 0.196. The molecule has 3 amide bonds. The van der Waals surface area contributed by atoms with Crippen LogP contribution in [0.2, 0.25) is 15.1 Å². The maximum absolute atomic E-state index is 12.6. The van der Waals surface area contributed by atoms with Crippen molar-refractivity contribution in [2.45, 2.75) is 77.2 Å². The van der Waals surface area contributed by atoms with Crippen LogP contribution in [0.4, 0.5) is 31.1 Å². The summed E-state index contributed by atoms with van der Waals surface area (Å²) in [6.07, 6.45) is -7.75. The van der Waals surface area contributed by atoms with Crippen LogP contribution in [0.25, 0.3) is 0 Å². The molecule has 3 heterocycles. The van der Waals surface area contributed by atoms with E-state index >= 15 is 0 Å². The van der Waals surface area contributed by atoms with Crippen molar-refractivity contribution in [1.82, 2.24) is 24.5 Å². The number of carbonyl (C=O) groups excluding carboxylic acids is 3. The van der Waals surface area contributed by atoms with Crippen LogP contribution in [0.5, 0.6) is 17.2 Å². The van der Waals surface area contributed by atoms with Gasteiger partial charge in [-0.05, 0) is 119 Å². The summed E-state index contributed by atoms with van der Waals surface area (Å²) in [4.78, 5) is 41.6. The van der Waals surface area contributed by atoms with Crippen molar-refractivity contribution in [2.75, 3.05) is 67.5 Å². The van der Waals surface area contributed by atoms with Crippen LogP contribution in [0.1, 0.15) is 54.2 Å². The van der Waals surface area contributed by atoms with E-state index in [-0.39, 0.29) is 67.5 Å². The molecule has 68 heavy (non-hydrogen) atoms. The molecule has 3 aromatic rings. The average molecular weight is 1060 g/mol. The Kier molecular flexibility index (Phi) is 19.3. The van der Waals surface area contributed by atoms with E-state index in [4.69, 9.17) is 73.4 Å². The van der Waals surface area contributed by atoms with E-state index < -0.39 is 29.8 Å². The standard InChI is InChI=1S/C18H25ClN2O3S.C15H16ClF3N2O2S.C12H11ClF3NO2/c1-18(2,3)24-16(22)21-10-8-12-6-7-14(19)15(13(12)9-11-21)23-17(25)20(4)5;1-20(2)14(24)23-12-10-6-8-21(13(22)15(17,18)19)7-5-9(10)3-4-11(12)16;13-9-2-1-7-3-5-17(11(19)12(14,15)16)6-4-8(7)10(9)18/h6-7H,8-11H2,1-5H3;3-4H,5-8H2,1-2H3;1-2,18H,3-6H2. The predicted molar refractivity (Wildman–Crippen MR) is 255 cm³/mol. The Morgan fingerprint density at radius 1 is 0.559 bits per heavy atom. The highest BCUT2D eigenvalue weighted by Gasteiger charge is 2.44. The van der Waals surface area contributed by atoms with Gasteiger partial charge >= 0.3 is 30.3 Å². The first-order valence-corrected chi connectivity index (χ1v) is 23.0. The maximum atomic E-state index is 12.6. The highest BCUT2D eigenvalue weighted by molar-refractivity contribution is 7.80. The number of phenols is 1. The van der Waals surface area contributed by atoms with Crippen LogP contribution in [0, 0.1) is 0 Å². The Balaban J connectivity index is 0.000000225. The molecule has 0 aromatic heterocycles. The number of nitrogens with zero attached hydrogens (tertiary/aromatic N) is 5. The SMILES string of the molecule is CN(C)C(=S)Oc1c(Cl)ccc2c1CCN(C(=O)C(F)(F)F)CC2.CN(C)C(=S)Oc1c(Cl)ccc2c1CCN(C(=O)OC(C)(C)C)CC2.O=C(N1CCc2ccc(Cl)c(O)c2CC1)C(F)(F)F. The Hall–Kier alpha value is -4.50. The zero-order valence-corrected chi connectivity index (χ0v) is 42.2. The number of rotatable bonds is 2. The minimum absolute atomic E-state index is 0.00938. The Labute approximate surface area is 416 Å². The lowest BCUT2D eigenvalue weighted by molar-refractivity contribution is -0.185. The lowest BCUT2D eigenvalue weighted by Crippen LogP contribution is -2.42. The molecule has 374 valence electrons. The number of alkyl halides is 6. The van der Waals surface area contributed by atoms with Gasteiger partial charge in [-0.15, -0.1) is 0 Å². The summed E-state index contributed by atoms with van der Waals surface area (Å²) in [6, 6.07) is 10.3. The van der Waals surface area contributed by atoms with Gasteiger partial charge in [-0.3, -0.25) is 9.59 Å². The Morgan fingerprint density at radius 3 is 1.25 bits per heavy atom. The monoisotopic (exact) mass is 1060 g/mol. The van der Waals surface area contributed by atoms with Gasteiger partial charge in [-0.2, -0.15) is 26.3 Å². The largest absolute Gasteiger partial charge is 0.506 e. The molecule has 3 aliphatic heterocycles. The Morgan fingerprint density at radius 2 is 0.882 bits per heavy atom. The summed E-state index contributed by atoms with van der Waals surface area (Å²) >= 11 is 28.6. The minimum Gasteiger partial charge on any atom is -0.506 e. The van der Waals surface area contributed by atoms with Crippen molar-refractivity contribution in [3.63, 3.8) is 0 Å². The number of hydrogen-bond acceptors (Lipinski definition) is 9. The smallest absolute Gasteiger partial charge is 0.471 e. The number of phenolic OH excluding ortho intramolecular Hbond substituents is 1. The third-order valence-corrected chi connectivity index (χ3v) is 12.4. The third-order valence-electron chi connectivity index (χ3n) is 10.6. The summed E-state index contributed by atoms with van der Waals surface area (Å²) in [5, 5.41) is 11.3.